The Morgan fingerprint density at radius 1 is 1.35 bits per heavy atom. The van der Waals surface area contributed by atoms with Crippen LogP contribution in [0.5, 0.6) is 11.5 Å². The molecule has 0 spiro atoms. The smallest absolute Gasteiger partial charge is 0.267 e. The molecule has 0 aromatic heterocycles. The van der Waals surface area contributed by atoms with Gasteiger partial charge in [0.15, 0.2) is 11.5 Å². The van der Waals surface area contributed by atoms with Gasteiger partial charge in [0.25, 0.3) is 5.91 Å². The lowest BCUT2D eigenvalue weighted by Gasteiger charge is -2.14. The lowest BCUT2D eigenvalue weighted by molar-refractivity contribution is -0.112. The van der Waals surface area contributed by atoms with E-state index in [0.29, 0.717) is 17.2 Å². The number of amides is 1. The predicted octanol–water partition coefficient (Wildman–Crippen LogP) is 2.78. The number of anilines is 1. The molecule has 23 heavy (non-hydrogen) atoms. The summed E-state index contributed by atoms with van der Waals surface area (Å²) >= 11 is 0. The van der Waals surface area contributed by atoms with Crippen LogP contribution in [0.2, 0.25) is 0 Å². The SMILES string of the molecule is CCCCN(C)/C=C(/C#N)C(=O)Nc1ccc(OC)c(OC)c1. The molecule has 1 amide bonds. The molecule has 0 radical (unpaired) electrons. The van der Waals surface area contributed by atoms with Crippen LogP contribution in [0.4, 0.5) is 5.69 Å². The van der Waals surface area contributed by atoms with Crippen molar-refractivity contribution in [3.05, 3.63) is 30.0 Å². The summed E-state index contributed by atoms with van der Waals surface area (Å²) in [5.41, 5.74) is 0.586. The first-order valence-corrected chi connectivity index (χ1v) is 7.41. The van der Waals surface area contributed by atoms with Crippen molar-refractivity contribution in [3.8, 4) is 17.6 Å². The summed E-state index contributed by atoms with van der Waals surface area (Å²) in [6.07, 6.45) is 3.62. The summed E-state index contributed by atoms with van der Waals surface area (Å²) < 4.78 is 10.3. The predicted molar refractivity (Wildman–Crippen MR) is 89.4 cm³/mol. The normalized spacial score (nSPS) is 10.7. The fourth-order valence-electron chi connectivity index (χ4n) is 1.94. The summed E-state index contributed by atoms with van der Waals surface area (Å²) in [7, 11) is 4.90. The maximum absolute atomic E-state index is 12.2. The number of carbonyl (C=O) groups is 1. The molecule has 0 saturated carbocycles. The number of nitrogens with zero attached hydrogens (tertiary/aromatic N) is 2. The molecule has 124 valence electrons. The molecule has 0 fully saturated rings. The van der Waals surface area contributed by atoms with Gasteiger partial charge in [0.05, 0.1) is 14.2 Å². The second-order valence-corrected chi connectivity index (χ2v) is 5.01. The molecule has 0 heterocycles. The van der Waals surface area contributed by atoms with Crippen molar-refractivity contribution in [2.24, 2.45) is 0 Å². The van der Waals surface area contributed by atoms with Crippen molar-refractivity contribution in [1.29, 1.82) is 5.26 Å². The number of hydrogen-bond donors (Lipinski definition) is 1. The Kier molecular flexibility index (Phi) is 7.48. The number of nitriles is 1. The van der Waals surface area contributed by atoms with Crippen molar-refractivity contribution < 1.29 is 14.3 Å². The topological polar surface area (TPSA) is 74.6 Å². The second kappa shape index (κ2) is 9.36. The Hall–Kier alpha value is -2.68. The fourth-order valence-corrected chi connectivity index (χ4v) is 1.94. The number of benzene rings is 1. The summed E-state index contributed by atoms with van der Waals surface area (Å²) in [6.45, 7) is 2.89. The van der Waals surface area contributed by atoms with E-state index in [-0.39, 0.29) is 5.57 Å². The quantitative estimate of drug-likeness (QED) is 0.589. The molecule has 6 nitrogen and oxygen atoms in total. The van der Waals surface area contributed by atoms with Gasteiger partial charge in [0.1, 0.15) is 11.6 Å². The molecule has 0 unspecified atom stereocenters. The highest BCUT2D eigenvalue weighted by Gasteiger charge is 2.12. The minimum atomic E-state index is -0.455. The van der Waals surface area contributed by atoms with Crippen LogP contribution in [-0.2, 0) is 4.79 Å². The molecule has 0 aliphatic rings. The Labute approximate surface area is 137 Å². The molecule has 1 aromatic rings. The van der Waals surface area contributed by atoms with Crippen LogP contribution in [0.3, 0.4) is 0 Å². The van der Waals surface area contributed by atoms with E-state index in [4.69, 9.17) is 9.47 Å². The first kappa shape index (κ1) is 18.4. The lowest BCUT2D eigenvalue weighted by atomic mass is 10.2. The molecule has 0 bridgehead atoms. The molecule has 1 aromatic carbocycles. The van der Waals surface area contributed by atoms with E-state index in [1.807, 2.05) is 18.0 Å². The third kappa shape index (κ3) is 5.55. The molecule has 1 N–H and O–H groups in total. The van der Waals surface area contributed by atoms with Gasteiger partial charge >= 0.3 is 0 Å². The highest BCUT2D eigenvalue weighted by molar-refractivity contribution is 6.06. The number of hydrogen-bond acceptors (Lipinski definition) is 5. The van der Waals surface area contributed by atoms with Gasteiger partial charge in [-0.25, -0.2) is 0 Å². The van der Waals surface area contributed by atoms with Crippen molar-refractivity contribution >= 4 is 11.6 Å². The third-order valence-electron chi connectivity index (χ3n) is 3.22. The van der Waals surface area contributed by atoms with Crippen LogP contribution in [0.25, 0.3) is 0 Å². The van der Waals surface area contributed by atoms with Gasteiger partial charge in [-0.1, -0.05) is 13.3 Å². The highest BCUT2D eigenvalue weighted by atomic mass is 16.5. The van der Waals surface area contributed by atoms with Gasteiger partial charge < -0.3 is 19.7 Å². The lowest BCUT2D eigenvalue weighted by Crippen LogP contribution is -2.19. The monoisotopic (exact) mass is 317 g/mol. The number of methoxy groups -OCH3 is 2. The number of ether oxygens (including phenoxy) is 2. The van der Waals surface area contributed by atoms with Crippen LogP contribution in [0.15, 0.2) is 30.0 Å². The van der Waals surface area contributed by atoms with Crippen molar-refractivity contribution in [1.82, 2.24) is 4.90 Å². The summed E-state index contributed by atoms with van der Waals surface area (Å²) in [5, 5.41) is 11.9. The molecule has 0 atom stereocenters. The summed E-state index contributed by atoms with van der Waals surface area (Å²) in [6, 6.07) is 6.96. The minimum Gasteiger partial charge on any atom is -0.493 e. The maximum Gasteiger partial charge on any atom is 0.267 e. The average Bonchev–Trinajstić information content (AvgIpc) is 2.57. The summed E-state index contributed by atoms with van der Waals surface area (Å²) in [4.78, 5) is 14.0. The Bertz CT molecular complexity index is 606. The first-order chi connectivity index (χ1) is 11.0. The van der Waals surface area contributed by atoms with Gasteiger partial charge in [0.2, 0.25) is 0 Å². The van der Waals surface area contributed by atoms with Crippen LogP contribution in [0, 0.1) is 11.3 Å². The van der Waals surface area contributed by atoms with Crippen molar-refractivity contribution in [2.45, 2.75) is 19.8 Å². The van der Waals surface area contributed by atoms with Crippen LogP contribution in [0.1, 0.15) is 19.8 Å². The largest absolute Gasteiger partial charge is 0.493 e. The molecule has 0 saturated heterocycles. The number of rotatable bonds is 8. The van der Waals surface area contributed by atoms with Crippen LogP contribution >= 0.6 is 0 Å². The van der Waals surface area contributed by atoms with Gasteiger partial charge in [-0.2, -0.15) is 5.26 Å². The van der Waals surface area contributed by atoms with Crippen LogP contribution < -0.4 is 14.8 Å². The minimum absolute atomic E-state index is 0.0541. The number of carbonyl (C=O) groups excluding carboxylic acids is 1. The van der Waals surface area contributed by atoms with E-state index < -0.39 is 5.91 Å². The zero-order valence-electron chi connectivity index (χ0n) is 14.0. The molecule has 0 aliphatic carbocycles. The van der Waals surface area contributed by atoms with Gasteiger partial charge in [-0.05, 0) is 18.6 Å². The maximum atomic E-state index is 12.2. The van der Waals surface area contributed by atoms with Gasteiger partial charge in [-0.3, -0.25) is 4.79 Å². The highest BCUT2D eigenvalue weighted by Crippen LogP contribution is 2.29. The third-order valence-corrected chi connectivity index (χ3v) is 3.22. The zero-order chi connectivity index (χ0) is 17.2. The van der Waals surface area contributed by atoms with Crippen molar-refractivity contribution in [2.75, 3.05) is 33.1 Å². The molecular formula is C17H23N3O3. The van der Waals surface area contributed by atoms with Gasteiger partial charge in [-0.15, -0.1) is 0 Å². The molecule has 0 aliphatic heterocycles. The molecule has 1 rings (SSSR count). The van der Waals surface area contributed by atoms with Crippen LogP contribution in [-0.4, -0.2) is 38.6 Å². The van der Waals surface area contributed by atoms with E-state index in [1.165, 1.54) is 7.11 Å². The molecule has 6 heteroatoms. The average molecular weight is 317 g/mol. The summed E-state index contributed by atoms with van der Waals surface area (Å²) in [5.74, 6) is 0.622. The van der Waals surface area contributed by atoms with Crippen molar-refractivity contribution in [3.63, 3.8) is 0 Å². The second-order valence-electron chi connectivity index (χ2n) is 5.01. The first-order valence-electron chi connectivity index (χ1n) is 7.41. The Morgan fingerprint density at radius 3 is 2.61 bits per heavy atom. The Balaban J connectivity index is 2.84. The van der Waals surface area contributed by atoms with E-state index in [2.05, 4.69) is 12.2 Å². The standard InChI is InChI=1S/C17H23N3O3/c1-5-6-9-20(2)12-13(11-18)17(21)19-14-7-8-15(22-3)16(10-14)23-4/h7-8,10,12H,5-6,9H2,1-4H3,(H,19,21)/b13-12-. The fraction of sp³-hybridized carbons (Fsp3) is 0.412. The van der Waals surface area contributed by atoms with E-state index in [9.17, 15) is 10.1 Å². The Morgan fingerprint density at radius 2 is 2.04 bits per heavy atom. The number of unbranched alkanes of at least 4 members (excludes halogenated alkanes) is 1. The zero-order valence-corrected chi connectivity index (χ0v) is 14.0. The van der Waals surface area contributed by atoms with Gasteiger partial charge in [0, 0.05) is 31.5 Å². The molecular weight excluding hydrogens is 294 g/mol. The van der Waals surface area contributed by atoms with E-state index in [1.54, 1.807) is 31.5 Å². The van der Waals surface area contributed by atoms with E-state index in [0.717, 1.165) is 19.4 Å². The number of nitrogens with one attached hydrogen (secondary N) is 1. The van der Waals surface area contributed by atoms with E-state index >= 15 is 0 Å².